The minimum Gasteiger partial charge on any atom is -0.388 e. The Morgan fingerprint density at radius 2 is 2.40 bits per heavy atom. The summed E-state index contributed by atoms with van der Waals surface area (Å²) in [7, 11) is 1.80. The van der Waals surface area contributed by atoms with Crippen molar-refractivity contribution in [2.45, 2.75) is 0 Å². The molecule has 1 aromatic rings. The molecule has 0 heterocycles. The van der Waals surface area contributed by atoms with Gasteiger partial charge in [-0.25, -0.2) is 0 Å². The second-order valence-corrected chi connectivity index (χ2v) is 1.80. The number of nitrogens with zero attached hydrogens (tertiary/aromatic N) is 1. The number of nitrogens with one attached hydrogen (secondary N) is 1. The Bertz CT molecular complexity index is 218. The summed E-state index contributed by atoms with van der Waals surface area (Å²) >= 11 is 0. The molecule has 1 rings (SSSR count). The van der Waals surface area contributed by atoms with Crippen LogP contribution in [0.4, 0.5) is 11.4 Å². The third-order valence-electron chi connectivity index (χ3n) is 1.18. The van der Waals surface area contributed by atoms with Crippen LogP contribution in [0.5, 0.6) is 0 Å². The molecule has 10 heavy (non-hydrogen) atoms. The smallest absolute Gasteiger partial charge is 0.116 e. The zero-order chi connectivity index (χ0) is 7.40. The third kappa shape index (κ3) is 1.31. The molecule has 0 aliphatic heterocycles. The molecule has 0 spiro atoms. The Kier molecular flexibility index (Phi) is 1.99. The number of hydrogen-bond acceptors (Lipinski definition) is 3. The molecule has 0 aromatic heterocycles. The summed E-state index contributed by atoms with van der Waals surface area (Å²) in [6.45, 7) is 0. The molecule has 3 heteroatoms. The monoisotopic (exact) mass is 135 g/mol. The number of nitroso groups, excluding NO2 is 1. The van der Waals surface area contributed by atoms with Crippen molar-refractivity contribution >= 4 is 11.4 Å². The van der Waals surface area contributed by atoms with Gasteiger partial charge in [0.25, 0.3) is 0 Å². The number of anilines is 1. The Morgan fingerprint density at radius 1 is 1.60 bits per heavy atom. The SMILES string of the molecule is CNc1c[c]c(N=O)cc1. The lowest BCUT2D eigenvalue weighted by molar-refractivity contribution is 1.45. The van der Waals surface area contributed by atoms with Crippen molar-refractivity contribution in [3.63, 3.8) is 0 Å². The first kappa shape index (κ1) is 6.74. The lowest BCUT2D eigenvalue weighted by atomic mass is 10.3. The van der Waals surface area contributed by atoms with Crippen LogP contribution in [-0.2, 0) is 0 Å². The highest BCUT2D eigenvalue weighted by molar-refractivity contribution is 5.49. The van der Waals surface area contributed by atoms with Gasteiger partial charge in [0.1, 0.15) is 5.69 Å². The van der Waals surface area contributed by atoms with Gasteiger partial charge < -0.3 is 5.32 Å². The summed E-state index contributed by atoms with van der Waals surface area (Å²) in [6.07, 6.45) is 0. The first-order valence-corrected chi connectivity index (χ1v) is 2.89. The highest BCUT2D eigenvalue weighted by atomic mass is 16.3. The second kappa shape index (κ2) is 2.96. The van der Waals surface area contributed by atoms with Crippen LogP contribution in [0.1, 0.15) is 0 Å². The Morgan fingerprint density at radius 3 is 2.80 bits per heavy atom. The maximum Gasteiger partial charge on any atom is 0.116 e. The molecule has 0 aliphatic carbocycles. The van der Waals surface area contributed by atoms with Gasteiger partial charge in [0.05, 0.1) is 0 Å². The molecule has 1 N–H and O–H groups in total. The van der Waals surface area contributed by atoms with Crippen LogP contribution in [0, 0.1) is 11.0 Å². The lowest BCUT2D eigenvalue weighted by Gasteiger charge is -1.95. The van der Waals surface area contributed by atoms with Gasteiger partial charge in [0, 0.05) is 18.8 Å². The maximum absolute atomic E-state index is 9.90. The molecule has 0 unspecified atom stereocenters. The van der Waals surface area contributed by atoms with Gasteiger partial charge in [0.2, 0.25) is 0 Å². The molecule has 3 nitrogen and oxygen atoms in total. The Hall–Kier alpha value is -1.38. The van der Waals surface area contributed by atoms with Crippen molar-refractivity contribution in [3.05, 3.63) is 29.2 Å². The molecule has 0 atom stereocenters. The summed E-state index contributed by atoms with van der Waals surface area (Å²) in [6, 6.07) is 7.75. The number of rotatable bonds is 2. The van der Waals surface area contributed by atoms with E-state index in [1.165, 1.54) is 0 Å². The van der Waals surface area contributed by atoms with E-state index in [0.717, 1.165) is 5.69 Å². The topological polar surface area (TPSA) is 41.5 Å². The van der Waals surface area contributed by atoms with Crippen molar-refractivity contribution in [3.8, 4) is 0 Å². The third-order valence-corrected chi connectivity index (χ3v) is 1.18. The Labute approximate surface area is 59.0 Å². The van der Waals surface area contributed by atoms with Crippen LogP contribution >= 0.6 is 0 Å². The zero-order valence-electron chi connectivity index (χ0n) is 5.59. The van der Waals surface area contributed by atoms with Crippen molar-refractivity contribution in [2.24, 2.45) is 5.18 Å². The van der Waals surface area contributed by atoms with E-state index in [0.29, 0.717) is 5.69 Å². The van der Waals surface area contributed by atoms with Gasteiger partial charge in [-0.15, -0.1) is 4.91 Å². The quantitative estimate of drug-likeness (QED) is 0.629. The van der Waals surface area contributed by atoms with Crippen molar-refractivity contribution in [1.29, 1.82) is 0 Å². The van der Waals surface area contributed by atoms with E-state index in [1.807, 2.05) is 0 Å². The van der Waals surface area contributed by atoms with Crippen LogP contribution in [0.2, 0.25) is 0 Å². The molecule has 51 valence electrons. The van der Waals surface area contributed by atoms with Crippen LogP contribution in [0.25, 0.3) is 0 Å². The molecule has 0 amide bonds. The van der Waals surface area contributed by atoms with E-state index in [4.69, 9.17) is 0 Å². The van der Waals surface area contributed by atoms with Crippen LogP contribution in [0.15, 0.2) is 23.4 Å². The number of benzene rings is 1. The van der Waals surface area contributed by atoms with Gasteiger partial charge in [-0.05, 0) is 23.4 Å². The molecule has 0 bridgehead atoms. The van der Waals surface area contributed by atoms with Crippen LogP contribution in [-0.4, -0.2) is 7.05 Å². The molecule has 1 aromatic carbocycles. The second-order valence-electron chi connectivity index (χ2n) is 1.80. The van der Waals surface area contributed by atoms with E-state index in [2.05, 4.69) is 16.6 Å². The molecule has 0 fully saturated rings. The van der Waals surface area contributed by atoms with Gasteiger partial charge in [-0.1, -0.05) is 0 Å². The Balaban J connectivity index is 2.90. The summed E-state index contributed by atoms with van der Waals surface area (Å²) in [5, 5.41) is 5.62. The van der Waals surface area contributed by atoms with Crippen molar-refractivity contribution in [1.82, 2.24) is 0 Å². The largest absolute Gasteiger partial charge is 0.388 e. The maximum atomic E-state index is 9.90. The molecule has 0 saturated heterocycles. The highest BCUT2D eigenvalue weighted by Gasteiger charge is 1.89. The first-order chi connectivity index (χ1) is 4.86. The van der Waals surface area contributed by atoms with Gasteiger partial charge in [0.15, 0.2) is 0 Å². The predicted molar refractivity (Wildman–Crippen MR) is 40.3 cm³/mol. The van der Waals surface area contributed by atoms with Crippen molar-refractivity contribution < 1.29 is 0 Å². The van der Waals surface area contributed by atoms with Crippen molar-refractivity contribution in [2.75, 3.05) is 12.4 Å². The van der Waals surface area contributed by atoms with Crippen LogP contribution in [0.3, 0.4) is 0 Å². The minimum atomic E-state index is 0.332. The molecule has 0 saturated carbocycles. The summed E-state index contributed by atoms with van der Waals surface area (Å²) in [5.74, 6) is 0. The van der Waals surface area contributed by atoms with Crippen LogP contribution < -0.4 is 5.32 Å². The molecule has 1 radical (unpaired) electrons. The average molecular weight is 135 g/mol. The van der Waals surface area contributed by atoms with E-state index < -0.39 is 0 Å². The summed E-state index contributed by atoms with van der Waals surface area (Å²) in [4.78, 5) is 9.90. The fourth-order valence-electron chi connectivity index (χ4n) is 0.629. The fraction of sp³-hybridized carbons (Fsp3) is 0.143. The predicted octanol–water partition coefficient (Wildman–Crippen LogP) is 1.93. The van der Waals surface area contributed by atoms with E-state index in [1.54, 1.807) is 25.2 Å². The average Bonchev–Trinajstić information content (AvgIpc) is 2.05. The highest BCUT2D eigenvalue weighted by Crippen LogP contribution is 2.13. The normalized spacial score (nSPS) is 8.90. The minimum absolute atomic E-state index is 0.332. The number of hydrogen-bond donors (Lipinski definition) is 1. The first-order valence-electron chi connectivity index (χ1n) is 2.89. The van der Waals surface area contributed by atoms with Gasteiger partial charge in [-0.3, -0.25) is 0 Å². The molecular weight excluding hydrogens is 128 g/mol. The van der Waals surface area contributed by atoms with Gasteiger partial charge in [-0.2, -0.15) is 0 Å². The zero-order valence-corrected chi connectivity index (χ0v) is 5.59. The van der Waals surface area contributed by atoms with Gasteiger partial charge >= 0.3 is 0 Å². The standard InChI is InChI=1S/C7H7N2O/c1-8-6-2-4-7(9-10)5-3-6/h2-4,8H,1H3. The molecular formula is C7H7N2O. The van der Waals surface area contributed by atoms with E-state index in [9.17, 15) is 4.91 Å². The molecule has 0 aliphatic rings. The van der Waals surface area contributed by atoms with E-state index >= 15 is 0 Å². The summed E-state index contributed by atoms with van der Waals surface area (Å²) in [5.41, 5.74) is 1.26. The fourth-order valence-corrected chi connectivity index (χ4v) is 0.629. The summed E-state index contributed by atoms with van der Waals surface area (Å²) < 4.78 is 0. The lowest BCUT2D eigenvalue weighted by Crippen LogP contribution is -1.85. The van der Waals surface area contributed by atoms with E-state index in [-0.39, 0.29) is 0 Å².